The summed E-state index contributed by atoms with van der Waals surface area (Å²) in [5, 5.41) is 0. The molecule has 0 aromatic heterocycles. The van der Waals surface area contributed by atoms with Gasteiger partial charge in [0.2, 0.25) is 5.91 Å². The topological polar surface area (TPSA) is 20.3 Å². The summed E-state index contributed by atoms with van der Waals surface area (Å²) in [6.45, 7) is 10.2. The second kappa shape index (κ2) is 4.48. The van der Waals surface area contributed by atoms with Crippen molar-refractivity contribution < 1.29 is 4.79 Å². The summed E-state index contributed by atoms with van der Waals surface area (Å²) in [6, 6.07) is 0.333. The number of hydrogen-bond acceptors (Lipinski definition) is 1. The van der Waals surface area contributed by atoms with E-state index in [0.29, 0.717) is 12.0 Å². The second-order valence-electron chi connectivity index (χ2n) is 4.09. The van der Waals surface area contributed by atoms with Crippen molar-refractivity contribution >= 4 is 5.91 Å². The third kappa shape index (κ3) is 2.84. The Morgan fingerprint density at radius 1 is 1.08 bits per heavy atom. The van der Waals surface area contributed by atoms with E-state index in [9.17, 15) is 4.79 Å². The third-order valence-corrected chi connectivity index (χ3v) is 2.42. The van der Waals surface area contributed by atoms with Gasteiger partial charge in [0, 0.05) is 19.0 Å². The maximum absolute atomic E-state index is 11.5. The van der Waals surface area contributed by atoms with E-state index in [1.165, 1.54) is 0 Å². The third-order valence-electron chi connectivity index (χ3n) is 2.42. The molecule has 0 saturated heterocycles. The van der Waals surface area contributed by atoms with Crippen molar-refractivity contribution in [1.82, 2.24) is 4.90 Å². The number of carbonyl (C=O) groups is 1. The normalized spacial score (nSPS) is 13.7. The molecule has 2 heteroatoms. The van der Waals surface area contributed by atoms with Crippen LogP contribution in [-0.2, 0) is 4.79 Å². The lowest BCUT2D eigenvalue weighted by Crippen LogP contribution is -2.40. The van der Waals surface area contributed by atoms with Crippen LogP contribution in [-0.4, -0.2) is 23.9 Å². The van der Waals surface area contributed by atoms with Gasteiger partial charge in [0.15, 0.2) is 0 Å². The van der Waals surface area contributed by atoms with Crippen molar-refractivity contribution in [2.24, 2.45) is 11.8 Å². The fourth-order valence-corrected chi connectivity index (χ4v) is 1.06. The summed E-state index contributed by atoms with van der Waals surface area (Å²) in [4.78, 5) is 13.4. The first-order valence-corrected chi connectivity index (χ1v) is 4.64. The second-order valence-corrected chi connectivity index (χ2v) is 4.09. The first-order valence-electron chi connectivity index (χ1n) is 4.64. The summed E-state index contributed by atoms with van der Waals surface area (Å²) >= 11 is 0. The highest BCUT2D eigenvalue weighted by atomic mass is 16.2. The SMILES string of the molecule is CC(C)C(=O)N(C)[C@H](C)C(C)C. The molecule has 72 valence electrons. The molecule has 0 unspecified atom stereocenters. The van der Waals surface area contributed by atoms with E-state index in [4.69, 9.17) is 0 Å². The molecule has 0 rings (SSSR count). The van der Waals surface area contributed by atoms with Gasteiger partial charge in [0.1, 0.15) is 0 Å². The Morgan fingerprint density at radius 2 is 1.50 bits per heavy atom. The highest BCUT2D eigenvalue weighted by molar-refractivity contribution is 5.78. The smallest absolute Gasteiger partial charge is 0.225 e. The molecule has 0 bridgehead atoms. The summed E-state index contributed by atoms with van der Waals surface area (Å²) in [5.74, 6) is 0.866. The van der Waals surface area contributed by atoms with Gasteiger partial charge in [0.25, 0.3) is 0 Å². The highest BCUT2D eigenvalue weighted by Crippen LogP contribution is 2.10. The van der Waals surface area contributed by atoms with Gasteiger partial charge in [-0.1, -0.05) is 27.7 Å². The van der Waals surface area contributed by atoms with Crippen molar-refractivity contribution in [3.05, 3.63) is 0 Å². The lowest BCUT2D eigenvalue weighted by molar-refractivity contribution is -0.135. The van der Waals surface area contributed by atoms with Crippen LogP contribution in [0.1, 0.15) is 34.6 Å². The van der Waals surface area contributed by atoms with Crippen LogP contribution in [0, 0.1) is 11.8 Å². The molecule has 1 atom stereocenters. The fraction of sp³-hybridized carbons (Fsp3) is 0.900. The quantitative estimate of drug-likeness (QED) is 0.637. The van der Waals surface area contributed by atoms with Gasteiger partial charge in [-0.25, -0.2) is 0 Å². The van der Waals surface area contributed by atoms with Crippen molar-refractivity contribution in [3.8, 4) is 0 Å². The van der Waals surface area contributed by atoms with Crippen molar-refractivity contribution in [3.63, 3.8) is 0 Å². The molecule has 0 fully saturated rings. The van der Waals surface area contributed by atoms with E-state index in [2.05, 4.69) is 20.8 Å². The number of amides is 1. The molecule has 12 heavy (non-hydrogen) atoms. The Balaban J connectivity index is 4.19. The molecule has 1 amide bonds. The van der Waals surface area contributed by atoms with Crippen LogP contribution in [0.15, 0.2) is 0 Å². The molecule has 0 heterocycles. The van der Waals surface area contributed by atoms with E-state index in [1.807, 2.05) is 25.8 Å². The van der Waals surface area contributed by atoms with Crippen molar-refractivity contribution in [1.29, 1.82) is 0 Å². The molecule has 0 aliphatic carbocycles. The first-order chi connectivity index (χ1) is 5.37. The average molecular weight is 171 g/mol. The predicted octanol–water partition coefficient (Wildman–Crippen LogP) is 2.15. The van der Waals surface area contributed by atoms with Crippen molar-refractivity contribution in [2.45, 2.75) is 40.7 Å². The maximum atomic E-state index is 11.5. The zero-order valence-corrected chi connectivity index (χ0v) is 9.09. The van der Waals surface area contributed by atoms with Gasteiger partial charge >= 0.3 is 0 Å². The molecular weight excluding hydrogens is 150 g/mol. The molecule has 0 saturated carbocycles. The zero-order chi connectivity index (χ0) is 9.89. The van der Waals surface area contributed by atoms with Gasteiger partial charge in [-0.2, -0.15) is 0 Å². The van der Waals surface area contributed by atoms with E-state index < -0.39 is 0 Å². The largest absolute Gasteiger partial charge is 0.343 e. The Morgan fingerprint density at radius 3 is 1.75 bits per heavy atom. The minimum Gasteiger partial charge on any atom is -0.343 e. The Labute approximate surface area is 75.9 Å². The molecule has 2 nitrogen and oxygen atoms in total. The predicted molar refractivity (Wildman–Crippen MR) is 51.9 cm³/mol. The minimum atomic E-state index is 0.108. The van der Waals surface area contributed by atoms with Crippen LogP contribution in [0.5, 0.6) is 0 Å². The first kappa shape index (κ1) is 11.5. The molecule has 0 spiro atoms. The molecule has 0 N–H and O–H groups in total. The fourth-order valence-electron chi connectivity index (χ4n) is 1.06. The number of hydrogen-bond donors (Lipinski definition) is 0. The van der Waals surface area contributed by atoms with E-state index in [1.54, 1.807) is 0 Å². The van der Waals surface area contributed by atoms with E-state index >= 15 is 0 Å². The monoisotopic (exact) mass is 171 g/mol. The van der Waals surface area contributed by atoms with Crippen molar-refractivity contribution in [2.75, 3.05) is 7.05 Å². The molecule has 0 aliphatic heterocycles. The lowest BCUT2D eigenvalue weighted by Gasteiger charge is -2.29. The van der Waals surface area contributed by atoms with Crippen LogP contribution in [0.25, 0.3) is 0 Å². The number of carbonyl (C=O) groups excluding carboxylic acids is 1. The van der Waals surface area contributed by atoms with Gasteiger partial charge in [-0.15, -0.1) is 0 Å². The molecule has 0 aromatic rings. The summed E-state index contributed by atoms with van der Waals surface area (Å²) in [6.07, 6.45) is 0. The Kier molecular flexibility index (Phi) is 4.29. The van der Waals surface area contributed by atoms with Crippen LogP contribution < -0.4 is 0 Å². The standard InChI is InChI=1S/C10H21NO/c1-7(2)9(5)11(6)10(12)8(3)4/h7-9H,1-6H3/t9-/m1/s1. The van der Waals surface area contributed by atoms with Crippen LogP contribution in [0.3, 0.4) is 0 Å². The zero-order valence-electron chi connectivity index (χ0n) is 9.09. The van der Waals surface area contributed by atoms with Gasteiger partial charge in [0.05, 0.1) is 0 Å². The minimum absolute atomic E-state index is 0.108. The Bertz CT molecular complexity index is 152. The van der Waals surface area contributed by atoms with Crippen LogP contribution in [0.4, 0.5) is 0 Å². The van der Waals surface area contributed by atoms with E-state index in [0.717, 1.165) is 0 Å². The van der Waals surface area contributed by atoms with Gasteiger partial charge in [-0.3, -0.25) is 4.79 Å². The number of nitrogens with zero attached hydrogens (tertiary/aromatic N) is 1. The van der Waals surface area contributed by atoms with Gasteiger partial charge < -0.3 is 4.90 Å². The van der Waals surface area contributed by atoms with Gasteiger partial charge in [-0.05, 0) is 12.8 Å². The number of rotatable bonds is 3. The maximum Gasteiger partial charge on any atom is 0.225 e. The van der Waals surface area contributed by atoms with E-state index in [-0.39, 0.29) is 11.8 Å². The highest BCUT2D eigenvalue weighted by Gasteiger charge is 2.20. The summed E-state index contributed by atoms with van der Waals surface area (Å²) in [5.41, 5.74) is 0. The lowest BCUT2D eigenvalue weighted by atomic mass is 10.0. The molecule has 0 aromatic carbocycles. The Hall–Kier alpha value is -0.530. The molecule has 0 aliphatic rings. The van der Waals surface area contributed by atoms with Crippen LogP contribution in [0.2, 0.25) is 0 Å². The summed E-state index contributed by atoms with van der Waals surface area (Å²) < 4.78 is 0. The summed E-state index contributed by atoms with van der Waals surface area (Å²) in [7, 11) is 1.88. The van der Waals surface area contributed by atoms with Crippen LogP contribution >= 0.6 is 0 Å². The molecule has 0 radical (unpaired) electrons. The average Bonchev–Trinajstić information content (AvgIpc) is 2.00. The molecular formula is C10H21NO.